The van der Waals surface area contributed by atoms with Crippen molar-refractivity contribution >= 4 is 0 Å². The first-order chi connectivity index (χ1) is 2.27. The molecule has 0 aliphatic carbocycles. The zero-order valence-electron chi connectivity index (χ0n) is 3.02. The van der Waals surface area contributed by atoms with E-state index in [-0.39, 0.29) is 0 Å². The summed E-state index contributed by atoms with van der Waals surface area (Å²) in [5.74, 6) is 0. The van der Waals surface area contributed by atoms with Crippen LogP contribution in [-0.4, -0.2) is 11.2 Å². The van der Waals surface area contributed by atoms with Crippen LogP contribution in [0, 0.1) is 6.92 Å². The van der Waals surface area contributed by atoms with Crippen LogP contribution in [0.1, 0.15) is 0 Å². The van der Waals surface area contributed by atoms with E-state index < -0.39 is 6.10 Å². The third-order valence-electron chi connectivity index (χ3n) is 0.272. The van der Waals surface area contributed by atoms with Crippen molar-refractivity contribution in [2.75, 3.05) is 0 Å². The molecule has 28 valence electrons. The van der Waals surface area contributed by atoms with Crippen LogP contribution < -0.4 is 0 Å². The molecule has 0 aliphatic rings. The van der Waals surface area contributed by atoms with Gasteiger partial charge in [-0.3, -0.25) is 0 Å². The molecule has 0 spiro atoms. The summed E-state index contributed by atoms with van der Waals surface area (Å²) in [5, 5.41) is 8.13. The van der Waals surface area contributed by atoms with Crippen LogP contribution in [0.5, 0.6) is 0 Å². The molecule has 0 radical (unpaired) electrons. The van der Waals surface area contributed by atoms with Crippen molar-refractivity contribution in [2.45, 2.75) is 6.10 Å². The summed E-state index contributed by atoms with van der Waals surface area (Å²) >= 11 is 0. The molecule has 0 aromatic carbocycles. The first kappa shape index (κ1) is 4.57. The molecule has 0 heterocycles. The molecule has 0 saturated carbocycles. The third kappa shape index (κ3) is 3.57. The standard InChI is InChI=1S/C4H7O/c1-3-4(2)5/h3-5H,1-2H2/q+1. The molecule has 0 bridgehead atoms. The fourth-order valence-corrected chi connectivity index (χ4v) is 0. The Balaban J connectivity index is 2.83. The average Bonchev–Trinajstić information content (AvgIpc) is 1.38. The van der Waals surface area contributed by atoms with Gasteiger partial charge >= 0.3 is 0 Å². The largest absolute Gasteiger partial charge is 0.350 e. The van der Waals surface area contributed by atoms with Gasteiger partial charge in [-0.1, -0.05) is 6.58 Å². The summed E-state index contributed by atoms with van der Waals surface area (Å²) in [4.78, 5) is 0. The summed E-state index contributed by atoms with van der Waals surface area (Å²) in [6.45, 7) is 6.44. The SMILES string of the molecule is C=CC([CH2+])O. The Labute approximate surface area is 31.9 Å². The van der Waals surface area contributed by atoms with Crippen molar-refractivity contribution < 1.29 is 5.11 Å². The van der Waals surface area contributed by atoms with Crippen LogP contribution >= 0.6 is 0 Å². The lowest BCUT2D eigenvalue weighted by molar-refractivity contribution is 0.269. The minimum atomic E-state index is -0.602. The van der Waals surface area contributed by atoms with E-state index in [0.29, 0.717) is 0 Å². The summed E-state index contributed by atoms with van der Waals surface area (Å²) in [7, 11) is 0. The van der Waals surface area contributed by atoms with Crippen molar-refractivity contribution in [2.24, 2.45) is 0 Å². The summed E-state index contributed by atoms with van der Waals surface area (Å²) in [6.07, 6.45) is 0.759. The van der Waals surface area contributed by atoms with E-state index in [9.17, 15) is 0 Å². The second kappa shape index (κ2) is 1.85. The van der Waals surface area contributed by atoms with Crippen LogP contribution in [-0.2, 0) is 0 Å². The number of hydrogen-bond acceptors (Lipinski definition) is 1. The lowest BCUT2D eigenvalue weighted by atomic mass is 10.4. The second-order valence-electron chi connectivity index (χ2n) is 0.803. The van der Waals surface area contributed by atoms with Crippen LogP contribution in [0.2, 0.25) is 0 Å². The van der Waals surface area contributed by atoms with E-state index in [1.54, 1.807) is 0 Å². The number of hydrogen-bond donors (Lipinski definition) is 1. The van der Waals surface area contributed by atoms with Gasteiger partial charge in [-0.25, -0.2) is 0 Å². The highest BCUT2D eigenvalue weighted by Crippen LogP contribution is 1.72. The Hall–Kier alpha value is -0.430. The molecule has 0 saturated heterocycles. The van der Waals surface area contributed by atoms with Crippen LogP contribution in [0.15, 0.2) is 12.7 Å². The first-order valence-corrected chi connectivity index (χ1v) is 1.41. The molecule has 1 heteroatoms. The van der Waals surface area contributed by atoms with Gasteiger partial charge in [0.2, 0.25) is 6.10 Å². The van der Waals surface area contributed by atoms with Crippen molar-refractivity contribution in [3.63, 3.8) is 0 Å². The van der Waals surface area contributed by atoms with Crippen molar-refractivity contribution in [1.29, 1.82) is 0 Å². The monoisotopic (exact) mass is 71.0 g/mol. The average molecular weight is 71.1 g/mol. The first-order valence-electron chi connectivity index (χ1n) is 1.41. The Bertz CT molecular complexity index is 30.6. The van der Waals surface area contributed by atoms with E-state index in [4.69, 9.17) is 5.11 Å². The molecule has 0 aromatic rings. The lowest BCUT2D eigenvalue weighted by Crippen LogP contribution is -1.89. The highest BCUT2D eigenvalue weighted by molar-refractivity contribution is 4.78. The van der Waals surface area contributed by atoms with Crippen molar-refractivity contribution in [3.05, 3.63) is 19.6 Å². The maximum atomic E-state index is 8.13. The Morgan fingerprint density at radius 1 is 2.00 bits per heavy atom. The van der Waals surface area contributed by atoms with E-state index in [1.165, 1.54) is 6.08 Å². The van der Waals surface area contributed by atoms with Gasteiger partial charge in [0.15, 0.2) is 0 Å². The van der Waals surface area contributed by atoms with Gasteiger partial charge in [0.25, 0.3) is 0 Å². The van der Waals surface area contributed by atoms with E-state index in [0.717, 1.165) is 0 Å². The van der Waals surface area contributed by atoms with Gasteiger partial charge in [0, 0.05) is 0 Å². The lowest BCUT2D eigenvalue weighted by Gasteiger charge is -1.75. The zero-order chi connectivity index (χ0) is 4.28. The third-order valence-corrected chi connectivity index (χ3v) is 0.272. The molecule has 0 rings (SSSR count). The maximum absolute atomic E-state index is 8.13. The van der Waals surface area contributed by atoms with E-state index >= 15 is 0 Å². The topological polar surface area (TPSA) is 20.2 Å². The highest BCUT2D eigenvalue weighted by Gasteiger charge is 1.85. The molecular weight excluding hydrogens is 64.0 g/mol. The fraction of sp³-hybridized carbons (Fsp3) is 0.250. The highest BCUT2D eigenvalue weighted by atomic mass is 16.3. The van der Waals surface area contributed by atoms with Gasteiger partial charge in [-0.2, -0.15) is 0 Å². The smallest absolute Gasteiger partial charge is 0.211 e. The molecule has 1 nitrogen and oxygen atoms in total. The maximum Gasteiger partial charge on any atom is 0.211 e. The van der Waals surface area contributed by atoms with Crippen LogP contribution in [0.25, 0.3) is 0 Å². The van der Waals surface area contributed by atoms with Gasteiger partial charge in [-0.05, 0) is 6.08 Å². The van der Waals surface area contributed by atoms with Crippen LogP contribution in [0.4, 0.5) is 0 Å². The minimum Gasteiger partial charge on any atom is -0.350 e. The summed E-state index contributed by atoms with van der Waals surface area (Å²) < 4.78 is 0. The number of rotatable bonds is 1. The minimum absolute atomic E-state index is 0.602. The molecular formula is C4H7O+. The van der Waals surface area contributed by atoms with Crippen LogP contribution in [0.3, 0.4) is 0 Å². The number of aliphatic hydroxyl groups is 1. The molecule has 0 amide bonds. The predicted octanol–water partition coefficient (Wildman–Crippen LogP) is 0.367. The van der Waals surface area contributed by atoms with Crippen molar-refractivity contribution in [3.8, 4) is 0 Å². The molecule has 0 aliphatic heterocycles. The Morgan fingerprint density at radius 2 is 2.20 bits per heavy atom. The molecule has 5 heavy (non-hydrogen) atoms. The van der Waals surface area contributed by atoms with Gasteiger partial charge in [-0.15, -0.1) is 0 Å². The summed E-state index contributed by atoms with van der Waals surface area (Å²) in [5.41, 5.74) is 0. The molecule has 0 aromatic heterocycles. The molecule has 1 unspecified atom stereocenters. The van der Waals surface area contributed by atoms with Crippen molar-refractivity contribution in [1.82, 2.24) is 0 Å². The Morgan fingerprint density at radius 3 is 2.20 bits per heavy atom. The molecule has 1 atom stereocenters. The summed E-state index contributed by atoms with van der Waals surface area (Å²) in [6, 6.07) is 0. The zero-order valence-corrected chi connectivity index (χ0v) is 3.02. The molecule has 1 N–H and O–H groups in total. The predicted molar refractivity (Wildman–Crippen MR) is 21.6 cm³/mol. The molecule has 0 fully saturated rings. The Kier molecular flexibility index (Phi) is 1.69. The van der Waals surface area contributed by atoms with E-state index in [2.05, 4.69) is 13.5 Å². The quantitative estimate of drug-likeness (QED) is 0.349. The number of aliphatic hydroxyl groups excluding tert-OH is 1. The second-order valence-corrected chi connectivity index (χ2v) is 0.803. The fourth-order valence-electron chi connectivity index (χ4n) is 0. The van der Waals surface area contributed by atoms with Gasteiger partial charge < -0.3 is 5.11 Å². The van der Waals surface area contributed by atoms with Gasteiger partial charge in [0.05, 0.1) is 6.92 Å². The van der Waals surface area contributed by atoms with E-state index in [1.807, 2.05) is 0 Å². The normalized spacial score (nSPS) is 13.8. The van der Waals surface area contributed by atoms with Gasteiger partial charge in [0.1, 0.15) is 0 Å².